The zero-order chi connectivity index (χ0) is 23.6. The number of hydrogen-bond acceptors (Lipinski definition) is 2. The van der Waals surface area contributed by atoms with Gasteiger partial charge in [-0.2, -0.15) is 26.3 Å². The molecule has 1 fully saturated rings. The van der Waals surface area contributed by atoms with Crippen LogP contribution >= 0.6 is 0 Å². The van der Waals surface area contributed by atoms with Crippen LogP contribution in [0.15, 0.2) is 48.5 Å². The molecule has 2 nitrogen and oxygen atoms in total. The largest absolute Gasteiger partial charge is 0.416 e. The molecule has 1 N–H and O–H groups in total. The molecular formula is C24H26F6O2. The second kappa shape index (κ2) is 9.43. The summed E-state index contributed by atoms with van der Waals surface area (Å²) in [7, 11) is 0. The monoisotopic (exact) mass is 460 g/mol. The Hall–Kier alpha value is -2.06. The van der Waals surface area contributed by atoms with E-state index in [0.29, 0.717) is 18.1 Å². The van der Waals surface area contributed by atoms with Crippen molar-refractivity contribution in [3.63, 3.8) is 0 Å². The Morgan fingerprint density at radius 3 is 1.94 bits per heavy atom. The van der Waals surface area contributed by atoms with Crippen molar-refractivity contribution in [2.45, 2.75) is 56.5 Å². The van der Waals surface area contributed by atoms with Gasteiger partial charge in [0.2, 0.25) is 0 Å². The van der Waals surface area contributed by atoms with Gasteiger partial charge >= 0.3 is 12.4 Å². The first kappa shape index (κ1) is 24.6. The summed E-state index contributed by atoms with van der Waals surface area (Å²) in [6.45, 7) is 1.50. The molecule has 0 aromatic heterocycles. The molecule has 2 aromatic rings. The number of halogens is 6. The zero-order valence-corrected chi connectivity index (χ0v) is 17.6. The highest BCUT2D eigenvalue weighted by atomic mass is 19.4. The third-order valence-electron chi connectivity index (χ3n) is 6.33. The second-order valence-electron chi connectivity index (χ2n) is 8.65. The number of rotatable bonds is 6. The summed E-state index contributed by atoms with van der Waals surface area (Å²) in [4.78, 5) is 0. The van der Waals surface area contributed by atoms with E-state index in [1.54, 1.807) is 0 Å². The lowest BCUT2D eigenvalue weighted by Gasteiger charge is -2.40. The van der Waals surface area contributed by atoms with Crippen molar-refractivity contribution in [1.29, 1.82) is 0 Å². The maximum atomic E-state index is 13.2. The Labute approximate surface area is 183 Å². The van der Waals surface area contributed by atoms with Gasteiger partial charge in [0.15, 0.2) is 0 Å². The first-order chi connectivity index (χ1) is 14.9. The standard InChI is InChI=1S/C24H26F6O2/c1-16-7-9-22(10-8-16,18-5-3-2-4-6-18)15-32-21(14-31)17-11-19(23(25,26)27)13-20(12-17)24(28,29)30/h2-6,11-13,16,21,31H,7-10,14-15H2,1H3. The molecule has 3 rings (SSSR count). The van der Waals surface area contributed by atoms with E-state index < -0.39 is 41.6 Å². The SMILES string of the molecule is CC1CCC(COC(CO)c2cc(C(F)(F)F)cc(C(F)(F)F)c2)(c2ccccc2)CC1. The number of alkyl halides is 6. The molecule has 0 saturated heterocycles. The quantitative estimate of drug-likeness (QED) is 0.474. The van der Waals surface area contributed by atoms with Crippen molar-refractivity contribution >= 4 is 0 Å². The molecule has 0 radical (unpaired) electrons. The van der Waals surface area contributed by atoms with E-state index in [-0.39, 0.29) is 18.2 Å². The maximum absolute atomic E-state index is 13.2. The first-order valence-electron chi connectivity index (χ1n) is 10.5. The molecule has 0 spiro atoms. The Morgan fingerprint density at radius 1 is 0.938 bits per heavy atom. The molecule has 1 aliphatic rings. The second-order valence-corrected chi connectivity index (χ2v) is 8.65. The van der Waals surface area contributed by atoms with Crippen molar-refractivity contribution in [2.75, 3.05) is 13.2 Å². The van der Waals surface area contributed by atoms with Gasteiger partial charge in [0.1, 0.15) is 6.10 Å². The van der Waals surface area contributed by atoms with Crippen LogP contribution in [0.5, 0.6) is 0 Å². The highest BCUT2D eigenvalue weighted by Crippen LogP contribution is 2.43. The molecule has 0 heterocycles. The lowest BCUT2D eigenvalue weighted by atomic mass is 9.67. The van der Waals surface area contributed by atoms with Crippen LogP contribution in [-0.4, -0.2) is 18.3 Å². The van der Waals surface area contributed by atoms with Crippen LogP contribution in [-0.2, 0) is 22.5 Å². The predicted octanol–water partition coefficient (Wildman–Crippen LogP) is 6.92. The molecule has 32 heavy (non-hydrogen) atoms. The number of aliphatic hydroxyl groups is 1. The maximum Gasteiger partial charge on any atom is 0.416 e. The smallest absolute Gasteiger partial charge is 0.393 e. The van der Waals surface area contributed by atoms with E-state index in [1.807, 2.05) is 30.3 Å². The zero-order valence-electron chi connectivity index (χ0n) is 17.6. The summed E-state index contributed by atoms with van der Waals surface area (Å²) in [6, 6.07) is 10.9. The van der Waals surface area contributed by atoms with Gasteiger partial charge in [-0.05, 0) is 60.9 Å². The van der Waals surface area contributed by atoms with E-state index in [2.05, 4.69) is 6.92 Å². The third-order valence-corrected chi connectivity index (χ3v) is 6.33. The van der Waals surface area contributed by atoms with Gasteiger partial charge in [-0.15, -0.1) is 0 Å². The minimum Gasteiger partial charge on any atom is -0.393 e. The van der Waals surface area contributed by atoms with Crippen LogP contribution in [0.4, 0.5) is 26.3 Å². The molecule has 0 bridgehead atoms. The fourth-order valence-corrected chi connectivity index (χ4v) is 4.30. The fourth-order valence-electron chi connectivity index (χ4n) is 4.30. The molecule has 1 unspecified atom stereocenters. The van der Waals surface area contributed by atoms with Gasteiger partial charge in [0, 0.05) is 5.41 Å². The number of aliphatic hydroxyl groups excluding tert-OH is 1. The van der Waals surface area contributed by atoms with Crippen LogP contribution in [0.25, 0.3) is 0 Å². The van der Waals surface area contributed by atoms with Gasteiger partial charge in [0.05, 0.1) is 24.3 Å². The van der Waals surface area contributed by atoms with Gasteiger partial charge in [0.25, 0.3) is 0 Å². The highest BCUT2D eigenvalue weighted by Gasteiger charge is 2.39. The Morgan fingerprint density at radius 2 is 1.47 bits per heavy atom. The van der Waals surface area contributed by atoms with Crippen LogP contribution in [0.1, 0.15) is 61.0 Å². The predicted molar refractivity (Wildman–Crippen MR) is 108 cm³/mol. The number of benzene rings is 2. The van der Waals surface area contributed by atoms with Crippen LogP contribution < -0.4 is 0 Å². The highest BCUT2D eigenvalue weighted by molar-refractivity contribution is 5.35. The Balaban J connectivity index is 1.91. The number of ether oxygens (including phenoxy) is 1. The van der Waals surface area contributed by atoms with E-state index >= 15 is 0 Å². The summed E-state index contributed by atoms with van der Waals surface area (Å²) >= 11 is 0. The molecular weight excluding hydrogens is 434 g/mol. The van der Waals surface area contributed by atoms with Crippen molar-refractivity contribution in [3.05, 3.63) is 70.8 Å². The summed E-state index contributed by atoms with van der Waals surface area (Å²) in [5.74, 6) is 0.526. The fraction of sp³-hybridized carbons (Fsp3) is 0.500. The van der Waals surface area contributed by atoms with Crippen LogP contribution in [0.3, 0.4) is 0 Å². The summed E-state index contributed by atoms with van der Waals surface area (Å²) in [5, 5.41) is 9.81. The lowest BCUT2D eigenvalue weighted by molar-refractivity contribution is -0.143. The van der Waals surface area contributed by atoms with Crippen molar-refractivity contribution in [2.24, 2.45) is 5.92 Å². The molecule has 8 heteroatoms. The molecule has 1 atom stereocenters. The van der Waals surface area contributed by atoms with Gasteiger partial charge < -0.3 is 9.84 Å². The Kier molecular flexibility index (Phi) is 7.25. The lowest BCUT2D eigenvalue weighted by Crippen LogP contribution is -2.37. The van der Waals surface area contributed by atoms with Crippen molar-refractivity contribution in [3.8, 4) is 0 Å². The summed E-state index contributed by atoms with van der Waals surface area (Å²) in [5.41, 5.74) is -2.58. The van der Waals surface area contributed by atoms with Crippen LogP contribution in [0, 0.1) is 5.92 Å². The summed E-state index contributed by atoms with van der Waals surface area (Å²) < 4.78 is 85.2. The average Bonchev–Trinajstić information content (AvgIpc) is 2.75. The molecule has 1 aliphatic carbocycles. The minimum atomic E-state index is -4.96. The Bertz CT molecular complexity index is 851. The first-order valence-corrected chi connectivity index (χ1v) is 10.5. The van der Waals surface area contributed by atoms with E-state index in [9.17, 15) is 31.4 Å². The van der Waals surface area contributed by atoms with Gasteiger partial charge in [-0.3, -0.25) is 0 Å². The van der Waals surface area contributed by atoms with E-state index in [4.69, 9.17) is 4.74 Å². The van der Waals surface area contributed by atoms with Crippen LogP contribution in [0.2, 0.25) is 0 Å². The molecule has 176 valence electrons. The summed E-state index contributed by atoms with van der Waals surface area (Å²) in [6.07, 6.45) is -7.78. The molecule has 1 saturated carbocycles. The van der Waals surface area contributed by atoms with Gasteiger partial charge in [-0.1, -0.05) is 37.3 Å². The minimum absolute atomic E-state index is 0.0753. The molecule has 0 aliphatic heterocycles. The molecule has 2 aromatic carbocycles. The van der Waals surface area contributed by atoms with Gasteiger partial charge in [-0.25, -0.2) is 0 Å². The average molecular weight is 460 g/mol. The third kappa shape index (κ3) is 5.64. The van der Waals surface area contributed by atoms with Crippen molar-refractivity contribution in [1.82, 2.24) is 0 Å². The molecule has 0 amide bonds. The van der Waals surface area contributed by atoms with E-state index in [0.717, 1.165) is 31.2 Å². The van der Waals surface area contributed by atoms with E-state index in [1.165, 1.54) is 0 Å². The van der Waals surface area contributed by atoms with Crippen molar-refractivity contribution < 1.29 is 36.2 Å². The number of hydrogen-bond donors (Lipinski definition) is 1. The normalized spacial score (nSPS) is 23.2. The topological polar surface area (TPSA) is 29.5 Å².